The Bertz CT molecular complexity index is 1260. The van der Waals surface area contributed by atoms with Crippen molar-refractivity contribution >= 4 is 30.9 Å². The van der Waals surface area contributed by atoms with Gasteiger partial charge in [-0.15, -0.1) is 0 Å². The number of hydrogen-bond donors (Lipinski definition) is 8. The van der Waals surface area contributed by atoms with Crippen LogP contribution >= 0.6 is 7.82 Å². The second-order valence-corrected chi connectivity index (χ2v) is 19.0. The summed E-state index contributed by atoms with van der Waals surface area (Å²) >= 11 is 0. The molecule has 1 heterocycles. The molecule has 1 aliphatic heterocycles. The maximum absolute atomic E-state index is 12.3. The fourth-order valence-corrected chi connectivity index (χ4v) is 12.9. The molecule has 12 nitrogen and oxygen atoms in total. The molecule has 5 fully saturated rings. The quantitative estimate of drug-likeness (QED) is 0.0937. The van der Waals surface area contributed by atoms with Crippen molar-refractivity contribution in [2.24, 2.45) is 45.3 Å². The Hall–Kier alpha value is 0.296. The molecule has 11 N–H and O–H groups in total. The molecule has 4 saturated carbocycles. The summed E-state index contributed by atoms with van der Waals surface area (Å²) in [6.45, 7) is 16.8. The van der Waals surface area contributed by atoms with Gasteiger partial charge in [0.2, 0.25) is 0 Å². The molecule has 0 aromatic rings. The Kier molecular flexibility index (Phi) is 13.8. The minimum atomic E-state index is -4.65. The Labute approximate surface area is 315 Å². The Morgan fingerprint density at radius 1 is 0.920 bits per heavy atom. The summed E-state index contributed by atoms with van der Waals surface area (Å²) in [4.78, 5) is 19.4. The monoisotopic (exact) mass is 744 g/mol. The number of phosphoric ester groups is 1. The first kappa shape index (κ1) is 44.7. The van der Waals surface area contributed by atoms with Crippen molar-refractivity contribution in [2.45, 2.75) is 162 Å². The predicted octanol–water partition coefficient (Wildman–Crippen LogP) is 4.44. The van der Waals surface area contributed by atoms with E-state index in [0.29, 0.717) is 25.7 Å². The molecule has 0 aromatic carbocycles. The van der Waals surface area contributed by atoms with Gasteiger partial charge in [0.1, 0.15) is 24.4 Å². The summed E-state index contributed by atoms with van der Waals surface area (Å²) in [5.41, 5.74) is -0.672. The van der Waals surface area contributed by atoms with E-state index in [1.54, 1.807) is 0 Å². The third-order valence-electron chi connectivity index (χ3n) is 14.8. The molecule has 5 aliphatic rings. The summed E-state index contributed by atoms with van der Waals surface area (Å²) in [6, 6.07) is 0. The van der Waals surface area contributed by atoms with Crippen LogP contribution in [0.5, 0.6) is 0 Å². The molecule has 5 rings (SSSR count). The number of aliphatic hydroxyl groups excluding tert-OH is 5. The molecular formula is C36H67MgNO11P+3. The number of hydrogen-bond acceptors (Lipinski definition) is 9. The van der Waals surface area contributed by atoms with Gasteiger partial charge in [0.15, 0.2) is 6.29 Å². The zero-order chi connectivity index (χ0) is 35.8. The van der Waals surface area contributed by atoms with Crippen molar-refractivity contribution in [2.75, 3.05) is 6.61 Å². The number of allylic oxidation sites excluding steroid dienone is 2. The van der Waals surface area contributed by atoms with Crippen LogP contribution in [0, 0.1) is 45.3 Å². The van der Waals surface area contributed by atoms with Crippen molar-refractivity contribution in [3.63, 3.8) is 0 Å². The Morgan fingerprint density at radius 3 is 2.12 bits per heavy atom. The third kappa shape index (κ3) is 7.47. The zero-order valence-electron chi connectivity index (χ0n) is 31.9. The van der Waals surface area contributed by atoms with Gasteiger partial charge in [0.05, 0.1) is 24.4 Å². The molecule has 1 saturated heterocycles. The van der Waals surface area contributed by atoms with E-state index < -0.39 is 68.4 Å². The average molecular weight is 745 g/mol. The Morgan fingerprint density at radius 2 is 1.54 bits per heavy atom. The second-order valence-electron chi connectivity index (χ2n) is 17.9. The third-order valence-corrected chi connectivity index (χ3v) is 15.3. The molecule has 4 aliphatic carbocycles. The number of ether oxygens (including phenoxy) is 2. The van der Waals surface area contributed by atoms with E-state index in [2.05, 4.69) is 40.7 Å². The molecule has 0 radical (unpaired) electrons. The van der Waals surface area contributed by atoms with Gasteiger partial charge in [-0.2, -0.15) is 0 Å². The zero-order valence-corrected chi connectivity index (χ0v) is 34.2. The van der Waals surface area contributed by atoms with Crippen LogP contribution in [-0.4, -0.2) is 113 Å². The molecule has 0 amide bonds. The first-order valence-electron chi connectivity index (χ1n) is 18.1. The van der Waals surface area contributed by atoms with Crippen LogP contribution in [-0.2, 0) is 18.6 Å². The van der Waals surface area contributed by atoms with Crippen LogP contribution in [0.1, 0.15) is 113 Å². The summed E-state index contributed by atoms with van der Waals surface area (Å²) in [7, 11) is -4.65. The second kappa shape index (κ2) is 15.4. The number of rotatable bonds is 9. The Balaban J connectivity index is 0.00000338. The van der Waals surface area contributed by atoms with Crippen molar-refractivity contribution in [1.82, 2.24) is 6.15 Å². The maximum Gasteiger partial charge on any atom is 2.00 e. The first-order valence-corrected chi connectivity index (χ1v) is 19.6. The van der Waals surface area contributed by atoms with Crippen LogP contribution in [0.3, 0.4) is 0 Å². The smallest absolute Gasteiger partial charge is 0.394 e. The van der Waals surface area contributed by atoms with Crippen molar-refractivity contribution in [3.8, 4) is 0 Å². The number of phosphoric acid groups is 1. The van der Waals surface area contributed by atoms with Crippen molar-refractivity contribution in [3.05, 3.63) is 11.6 Å². The van der Waals surface area contributed by atoms with Gasteiger partial charge in [0.25, 0.3) is 0 Å². The van der Waals surface area contributed by atoms with Gasteiger partial charge in [-0.3, -0.25) is 4.52 Å². The number of quaternary nitrogens is 1. The molecule has 50 heavy (non-hydrogen) atoms. The minimum Gasteiger partial charge on any atom is -0.394 e. The molecule has 0 spiro atoms. The summed E-state index contributed by atoms with van der Waals surface area (Å²) in [6.07, 6.45) is 0.842. The maximum atomic E-state index is 12.3. The predicted molar refractivity (Wildman–Crippen MR) is 191 cm³/mol. The van der Waals surface area contributed by atoms with Gasteiger partial charge >= 0.3 is 30.9 Å². The van der Waals surface area contributed by atoms with Crippen molar-refractivity contribution in [1.29, 1.82) is 0 Å². The van der Waals surface area contributed by atoms with Gasteiger partial charge in [-0.05, 0) is 124 Å². The summed E-state index contributed by atoms with van der Waals surface area (Å²) in [5, 5.41) is 54.1. The van der Waals surface area contributed by atoms with Crippen molar-refractivity contribution < 1.29 is 53.9 Å². The molecule has 14 heteroatoms. The average Bonchev–Trinajstić information content (AvgIpc) is 3.36. The van der Waals surface area contributed by atoms with Gasteiger partial charge in [-0.1, -0.05) is 46.3 Å². The van der Waals surface area contributed by atoms with E-state index >= 15 is 0 Å². The van der Waals surface area contributed by atoms with E-state index in [9.17, 15) is 39.9 Å². The molecule has 286 valence electrons. The summed E-state index contributed by atoms with van der Waals surface area (Å²) < 4.78 is 29.9. The normalized spacial score (nSPS) is 46.6. The molecule has 0 bridgehead atoms. The van der Waals surface area contributed by atoms with E-state index in [1.165, 1.54) is 5.57 Å². The minimum absolute atomic E-state index is 0. The molecular weight excluding hydrogens is 678 g/mol. The van der Waals surface area contributed by atoms with Crippen LogP contribution < -0.4 is 6.15 Å². The van der Waals surface area contributed by atoms with Crippen LogP contribution in [0.25, 0.3) is 0 Å². The molecule has 15 atom stereocenters. The van der Waals surface area contributed by atoms with Gasteiger partial charge in [-0.25, -0.2) is 4.57 Å². The summed E-state index contributed by atoms with van der Waals surface area (Å²) in [5.74, 6) is 0.157. The fourth-order valence-electron chi connectivity index (χ4n) is 12.2. The standard InChI is InChI=1S/C36H63O11P.Mg.H3N/c1-20(2)10-9-14-36(8,46-31-30(41)29(40)28(39)23(19-37)45-31)21-11-16-35(7)27(21)22(38)18-25-33(5)15-13-26(47-48(42,43)44)32(3,4)24(33)12-17-34(25,35)6;;/h10,21-31,37-41H,9,11-19H2,1-8H3,(H2,42,43,44);;1H3/q;+2;/p+1/t21?,22-,23-,24?,25?,26+,27?,28-,29+,30-,31+,33+,34-,35-,36+;;/m1../s1. The first-order chi connectivity index (χ1) is 22.1. The number of fused-ring (bicyclic) bond motifs is 5. The van der Waals surface area contributed by atoms with E-state index in [0.717, 1.165) is 32.1 Å². The van der Waals surface area contributed by atoms with E-state index in [1.807, 2.05) is 20.8 Å². The van der Waals surface area contributed by atoms with Gasteiger partial charge in [0, 0.05) is 0 Å². The van der Waals surface area contributed by atoms with E-state index in [4.69, 9.17) is 14.0 Å². The largest absolute Gasteiger partial charge is 2.00 e. The van der Waals surface area contributed by atoms with E-state index in [-0.39, 0.29) is 69.1 Å². The molecule has 4 unspecified atom stereocenters. The number of aliphatic hydroxyl groups is 5. The van der Waals surface area contributed by atoms with Crippen LogP contribution in [0.15, 0.2) is 11.6 Å². The molecule has 0 aromatic heterocycles. The van der Waals surface area contributed by atoms with Crippen LogP contribution in [0.4, 0.5) is 0 Å². The SMILES string of the molecule is CC(C)=CCC[C@](C)(O[C@@H]1O[C@H](CO)[C@@H](O)[C@H](O)[C@H]1O)C1CC[C@]2(C)C1[C@H](O)CC1[C@@]3(C)CC[C@H](OP(=O)(O)O)C(C)(C)C3CC[C@]12C.[Mg+2].[NH4+]. The van der Waals surface area contributed by atoms with Gasteiger partial charge < -0.3 is 50.9 Å². The van der Waals surface area contributed by atoms with Crippen LogP contribution in [0.2, 0.25) is 0 Å². The fraction of sp³-hybridized carbons (Fsp3) is 0.944. The topological polar surface area (TPSA) is 223 Å².